The van der Waals surface area contributed by atoms with E-state index in [1.807, 2.05) is 12.1 Å². The predicted octanol–water partition coefficient (Wildman–Crippen LogP) is 2.16. The first-order valence-electron chi connectivity index (χ1n) is 5.04. The average Bonchev–Trinajstić information content (AvgIpc) is 2.92. The second-order valence-corrected chi connectivity index (χ2v) is 3.91. The maximum absolute atomic E-state index is 5.20. The van der Waals surface area contributed by atoms with Gasteiger partial charge >= 0.3 is 0 Å². The molecule has 1 N–H and O–H groups in total. The zero-order valence-electron chi connectivity index (χ0n) is 8.66. The SMILES string of the molecule is COc1cccnc1NCC1CC1C. The van der Waals surface area contributed by atoms with Crippen LogP contribution in [-0.4, -0.2) is 18.6 Å². The first-order chi connectivity index (χ1) is 6.81. The Morgan fingerprint density at radius 1 is 1.64 bits per heavy atom. The van der Waals surface area contributed by atoms with E-state index in [2.05, 4.69) is 17.2 Å². The van der Waals surface area contributed by atoms with Crippen molar-refractivity contribution in [1.29, 1.82) is 0 Å². The van der Waals surface area contributed by atoms with Crippen LogP contribution in [0.5, 0.6) is 5.75 Å². The van der Waals surface area contributed by atoms with E-state index in [1.54, 1.807) is 13.3 Å². The first-order valence-corrected chi connectivity index (χ1v) is 5.04. The van der Waals surface area contributed by atoms with Crippen molar-refractivity contribution < 1.29 is 4.74 Å². The van der Waals surface area contributed by atoms with Gasteiger partial charge in [0.15, 0.2) is 11.6 Å². The van der Waals surface area contributed by atoms with Gasteiger partial charge in [-0.3, -0.25) is 0 Å². The van der Waals surface area contributed by atoms with Crippen LogP contribution in [0.2, 0.25) is 0 Å². The molecule has 1 aliphatic carbocycles. The van der Waals surface area contributed by atoms with E-state index in [0.29, 0.717) is 0 Å². The lowest BCUT2D eigenvalue weighted by Crippen LogP contribution is -2.07. The summed E-state index contributed by atoms with van der Waals surface area (Å²) in [5.74, 6) is 3.37. The number of ether oxygens (including phenoxy) is 1. The molecule has 1 saturated carbocycles. The summed E-state index contributed by atoms with van der Waals surface area (Å²) in [7, 11) is 1.67. The number of anilines is 1. The molecule has 1 aromatic heterocycles. The van der Waals surface area contributed by atoms with Crippen LogP contribution in [0.25, 0.3) is 0 Å². The maximum atomic E-state index is 5.20. The van der Waals surface area contributed by atoms with Crippen molar-refractivity contribution in [3.63, 3.8) is 0 Å². The summed E-state index contributed by atoms with van der Waals surface area (Å²) >= 11 is 0. The van der Waals surface area contributed by atoms with Gasteiger partial charge in [0, 0.05) is 12.7 Å². The molecule has 0 spiro atoms. The summed E-state index contributed by atoms with van der Waals surface area (Å²) in [5, 5.41) is 3.32. The zero-order chi connectivity index (χ0) is 9.97. The normalized spacial score (nSPS) is 24.4. The molecule has 1 aliphatic rings. The van der Waals surface area contributed by atoms with Crippen LogP contribution in [0.4, 0.5) is 5.82 Å². The maximum Gasteiger partial charge on any atom is 0.168 e. The third-order valence-electron chi connectivity index (χ3n) is 2.80. The molecule has 2 unspecified atom stereocenters. The molecule has 1 aromatic rings. The summed E-state index contributed by atoms with van der Waals surface area (Å²) in [4.78, 5) is 4.24. The van der Waals surface area contributed by atoms with Crippen molar-refractivity contribution in [2.24, 2.45) is 11.8 Å². The average molecular weight is 192 g/mol. The fourth-order valence-electron chi connectivity index (χ4n) is 1.60. The van der Waals surface area contributed by atoms with Gasteiger partial charge in [-0.25, -0.2) is 4.98 Å². The highest BCUT2D eigenvalue weighted by Gasteiger charge is 2.32. The molecule has 2 atom stereocenters. The number of hydrogen-bond acceptors (Lipinski definition) is 3. The van der Waals surface area contributed by atoms with Crippen LogP contribution in [0, 0.1) is 11.8 Å². The molecule has 3 nitrogen and oxygen atoms in total. The first kappa shape index (κ1) is 9.31. The van der Waals surface area contributed by atoms with E-state index in [1.165, 1.54) is 6.42 Å². The molecule has 14 heavy (non-hydrogen) atoms. The summed E-state index contributed by atoms with van der Waals surface area (Å²) in [6.07, 6.45) is 3.11. The molecule has 3 heteroatoms. The third-order valence-corrected chi connectivity index (χ3v) is 2.80. The number of pyridine rings is 1. The number of rotatable bonds is 4. The molecule has 0 amide bonds. The quantitative estimate of drug-likeness (QED) is 0.793. The Morgan fingerprint density at radius 3 is 3.07 bits per heavy atom. The van der Waals surface area contributed by atoms with E-state index in [9.17, 15) is 0 Å². The Bertz CT molecular complexity index is 314. The number of methoxy groups -OCH3 is 1. The van der Waals surface area contributed by atoms with Crippen molar-refractivity contribution in [1.82, 2.24) is 4.98 Å². The van der Waals surface area contributed by atoms with Crippen molar-refractivity contribution in [3.8, 4) is 5.75 Å². The van der Waals surface area contributed by atoms with Crippen molar-refractivity contribution in [2.75, 3.05) is 19.0 Å². The van der Waals surface area contributed by atoms with E-state index in [0.717, 1.165) is 29.9 Å². The molecule has 0 radical (unpaired) electrons. The highest BCUT2D eigenvalue weighted by molar-refractivity contribution is 5.49. The van der Waals surface area contributed by atoms with Gasteiger partial charge in [0.25, 0.3) is 0 Å². The fourth-order valence-corrected chi connectivity index (χ4v) is 1.60. The second kappa shape index (κ2) is 3.86. The van der Waals surface area contributed by atoms with Gasteiger partial charge in [0.1, 0.15) is 0 Å². The van der Waals surface area contributed by atoms with Gasteiger partial charge in [0.2, 0.25) is 0 Å². The lowest BCUT2D eigenvalue weighted by molar-refractivity contribution is 0.414. The van der Waals surface area contributed by atoms with E-state index in [-0.39, 0.29) is 0 Å². The molecule has 2 rings (SSSR count). The second-order valence-electron chi connectivity index (χ2n) is 3.91. The molecule has 0 aromatic carbocycles. The van der Waals surface area contributed by atoms with Crippen LogP contribution in [-0.2, 0) is 0 Å². The minimum absolute atomic E-state index is 0.820. The number of nitrogens with one attached hydrogen (secondary N) is 1. The van der Waals surface area contributed by atoms with Crippen LogP contribution < -0.4 is 10.1 Å². The molecule has 1 heterocycles. The Hall–Kier alpha value is -1.25. The standard InChI is InChI=1S/C11H16N2O/c1-8-6-9(8)7-13-11-10(14-2)4-3-5-12-11/h3-5,8-9H,6-7H2,1-2H3,(H,12,13). The minimum atomic E-state index is 0.820. The smallest absolute Gasteiger partial charge is 0.168 e. The zero-order valence-corrected chi connectivity index (χ0v) is 8.66. The molecule has 0 aliphatic heterocycles. The fraction of sp³-hybridized carbons (Fsp3) is 0.545. The van der Waals surface area contributed by atoms with Crippen molar-refractivity contribution >= 4 is 5.82 Å². The molecular formula is C11H16N2O. The van der Waals surface area contributed by atoms with Gasteiger partial charge in [-0.1, -0.05) is 6.92 Å². The van der Waals surface area contributed by atoms with Crippen LogP contribution in [0.1, 0.15) is 13.3 Å². The summed E-state index contributed by atoms with van der Waals surface area (Å²) < 4.78 is 5.20. The van der Waals surface area contributed by atoms with E-state index < -0.39 is 0 Å². The molecule has 1 fully saturated rings. The third kappa shape index (κ3) is 1.97. The lowest BCUT2D eigenvalue weighted by Gasteiger charge is -2.08. The lowest BCUT2D eigenvalue weighted by atomic mass is 10.3. The predicted molar refractivity (Wildman–Crippen MR) is 56.5 cm³/mol. The Balaban J connectivity index is 1.94. The van der Waals surface area contributed by atoms with Crippen LogP contribution in [0.15, 0.2) is 18.3 Å². The largest absolute Gasteiger partial charge is 0.493 e. The van der Waals surface area contributed by atoms with E-state index in [4.69, 9.17) is 4.74 Å². The van der Waals surface area contributed by atoms with Gasteiger partial charge < -0.3 is 10.1 Å². The van der Waals surface area contributed by atoms with Gasteiger partial charge in [-0.2, -0.15) is 0 Å². The molecule has 0 bridgehead atoms. The van der Waals surface area contributed by atoms with Gasteiger partial charge in [0.05, 0.1) is 7.11 Å². The minimum Gasteiger partial charge on any atom is -0.493 e. The highest BCUT2D eigenvalue weighted by atomic mass is 16.5. The summed E-state index contributed by atoms with van der Waals surface area (Å²) in [6, 6.07) is 3.80. The number of aromatic nitrogens is 1. The van der Waals surface area contributed by atoms with Crippen molar-refractivity contribution in [2.45, 2.75) is 13.3 Å². The monoisotopic (exact) mass is 192 g/mol. The van der Waals surface area contributed by atoms with Crippen molar-refractivity contribution in [3.05, 3.63) is 18.3 Å². The van der Waals surface area contributed by atoms with Crippen LogP contribution >= 0.6 is 0 Å². The van der Waals surface area contributed by atoms with Gasteiger partial charge in [-0.15, -0.1) is 0 Å². The summed E-state index contributed by atoms with van der Waals surface area (Å²) in [5.41, 5.74) is 0. The topological polar surface area (TPSA) is 34.1 Å². The van der Waals surface area contributed by atoms with Gasteiger partial charge in [-0.05, 0) is 30.4 Å². The number of nitrogens with zero attached hydrogens (tertiary/aromatic N) is 1. The van der Waals surface area contributed by atoms with E-state index >= 15 is 0 Å². The molecule has 76 valence electrons. The Morgan fingerprint density at radius 2 is 2.43 bits per heavy atom. The summed E-state index contributed by atoms with van der Waals surface area (Å²) in [6.45, 7) is 3.29. The Kier molecular flexibility index (Phi) is 2.57. The van der Waals surface area contributed by atoms with Crippen LogP contribution in [0.3, 0.4) is 0 Å². The highest BCUT2D eigenvalue weighted by Crippen LogP contribution is 2.37. The Labute approximate surface area is 84.5 Å². The number of hydrogen-bond donors (Lipinski definition) is 1. The molecule has 0 saturated heterocycles. The molecular weight excluding hydrogens is 176 g/mol.